The van der Waals surface area contributed by atoms with Crippen LogP contribution in [0.25, 0.3) is 0 Å². The molecule has 0 saturated carbocycles. The predicted octanol–water partition coefficient (Wildman–Crippen LogP) is 2.89. The zero-order valence-electron chi connectivity index (χ0n) is 17.9. The van der Waals surface area contributed by atoms with Crippen LogP contribution in [0, 0.1) is 5.92 Å². The van der Waals surface area contributed by atoms with Crippen molar-refractivity contribution in [2.45, 2.75) is 39.7 Å². The fourth-order valence-electron chi connectivity index (χ4n) is 3.24. The second-order valence-electron chi connectivity index (χ2n) is 7.48. The molecule has 1 heterocycles. The molecule has 1 fully saturated rings. The summed E-state index contributed by atoms with van der Waals surface area (Å²) in [4.78, 5) is 7.29. The number of benzene rings is 1. The summed E-state index contributed by atoms with van der Waals surface area (Å²) < 4.78 is 10.6. The van der Waals surface area contributed by atoms with E-state index in [1.54, 1.807) is 7.11 Å². The van der Waals surface area contributed by atoms with Gasteiger partial charge < -0.3 is 25.0 Å². The number of guanidine groups is 1. The summed E-state index contributed by atoms with van der Waals surface area (Å²) in [7, 11) is 1.68. The van der Waals surface area contributed by atoms with Crippen molar-refractivity contribution >= 4 is 5.96 Å². The Bertz CT molecular complexity index is 554. The highest BCUT2D eigenvalue weighted by Gasteiger charge is 2.14. The molecule has 0 amide bonds. The maximum Gasteiger partial charge on any atom is 0.191 e. The second kappa shape index (κ2) is 13.4. The van der Waals surface area contributed by atoms with Gasteiger partial charge in [-0.05, 0) is 69.4 Å². The van der Waals surface area contributed by atoms with Gasteiger partial charge in [0.05, 0.1) is 13.2 Å². The molecular formula is C22H38N4O2. The number of nitrogens with zero attached hydrogens (tertiary/aromatic N) is 2. The number of hydrogen-bond acceptors (Lipinski definition) is 4. The Balaban J connectivity index is 1.70. The highest BCUT2D eigenvalue weighted by atomic mass is 16.5. The normalized spacial score (nSPS) is 16.2. The Labute approximate surface area is 170 Å². The predicted molar refractivity (Wildman–Crippen MR) is 116 cm³/mol. The Morgan fingerprint density at radius 3 is 2.57 bits per heavy atom. The monoisotopic (exact) mass is 390 g/mol. The van der Waals surface area contributed by atoms with Crippen LogP contribution in [0.3, 0.4) is 0 Å². The zero-order valence-corrected chi connectivity index (χ0v) is 17.9. The summed E-state index contributed by atoms with van der Waals surface area (Å²) in [5.41, 5.74) is 1.17. The summed E-state index contributed by atoms with van der Waals surface area (Å²) in [6.07, 6.45) is 3.83. The highest BCUT2D eigenvalue weighted by Crippen LogP contribution is 2.15. The minimum absolute atomic E-state index is 0.568. The fraction of sp³-hybridized carbons (Fsp3) is 0.682. The molecule has 1 aliphatic heterocycles. The van der Waals surface area contributed by atoms with Crippen LogP contribution >= 0.6 is 0 Å². The van der Waals surface area contributed by atoms with Gasteiger partial charge in [-0.1, -0.05) is 19.1 Å². The quantitative estimate of drug-likeness (QED) is 0.346. The van der Waals surface area contributed by atoms with Crippen LogP contribution in [-0.2, 0) is 11.3 Å². The van der Waals surface area contributed by atoms with Gasteiger partial charge in [-0.25, -0.2) is 4.99 Å². The van der Waals surface area contributed by atoms with Gasteiger partial charge in [-0.3, -0.25) is 0 Å². The van der Waals surface area contributed by atoms with Crippen LogP contribution in [-0.4, -0.2) is 63.9 Å². The van der Waals surface area contributed by atoms with E-state index in [0.717, 1.165) is 37.1 Å². The van der Waals surface area contributed by atoms with Gasteiger partial charge in [-0.15, -0.1) is 0 Å². The number of nitrogens with one attached hydrogen (secondary N) is 2. The molecule has 0 atom stereocenters. The number of likely N-dealkylation sites (tertiary alicyclic amines) is 1. The van der Waals surface area contributed by atoms with E-state index in [2.05, 4.69) is 41.5 Å². The maximum absolute atomic E-state index is 5.60. The van der Waals surface area contributed by atoms with Crippen molar-refractivity contribution in [2.24, 2.45) is 10.9 Å². The van der Waals surface area contributed by atoms with Gasteiger partial charge in [0, 0.05) is 20.2 Å². The van der Waals surface area contributed by atoms with Gasteiger partial charge in [0.1, 0.15) is 12.4 Å². The summed E-state index contributed by atoms with van der Waals surface area (Å²) >= 11 is 0. The lowest BCUT2D eigenvalue weighted by Crippen LogP contribution is -2.39. The van der Waals surface area contributed by atoms with Crippen LogP contribution in [0.4, 0.5) is 0 Å². The summed E-state index contributed by atoms with van der Waals surface area (Å²) in [6, 6.07) is 8.10. The van der Waals surface area contributed by atoms with Crippen molar-refractivity contribution in [1.29, 1.82) is 0 Å². The minimum Gasteiger partial charge on any atom is -0.491 e. The Kier molecular flexibility index (Phi) is 10.8. The van der Waals surface area contributed by atoms with Crippen molar-refractivity contribution in [1.82, 2.24) is 15.5 Å². The first-order valence-electron chi connectivity index (χ1n) is 10.7. The molecule has 0 aliphatic carbocycles. The van der Waals surface area contributed by atoms with E-state index in [4.69, 9.17) is 14.5 Å². The molecule has 0 unspecified atom stereocenters. The van der Waals surface area contributed by atoms with Crippen LogP contribution in [0.5, 0.6) is 5.75 Å². The molecule has 0 radical (unpaired) electrons. The molecule has 6 nitrogen and oxygen atoms in total. The Hall–Kier alpha value is -1.79. The molecule has 0 spiro atoms. The van der Waals surface area contributed by atoms with Crippen molar-refractivity contribution in [3.63, 3.8) is 0 Å². The number of hydrogen-bond donors (Lipinski definition) is 2. The molecule has 2 rings (SSSR count). The van der Waals surface area contributed by atoms with E-state index in [9.17, 15) is 0 Å². The van der Waals surface area contributed by atoms with Crippen molar-refractivity contribution in [2.75, 3.05) is 53.0 Å². The Morgan fingerprint density at radius 1 is 1.14 bits per heavy atom. The summed E-state index contributed by atoms with van der Waals surface area (Å²) in [6.45, 7) is 11.8. The average molecular weight is 391 g/mol. The third-order valence-electron chi connectivity index (χ3n) is 5.06. The summed E-state index contributed by atoms with van der Waals surface area (Å²) in [5, 5.41) is 6.79. The van der Waals surface area contributed by atoms with E-state index >= 15 is 0 Å². The van der Waals surface area contributed by atoms with E-state index < -0.39 is 0 Å². The first-order chi connectivity index (χ1) is 13.7. The highest BCUT2D eigenvalue weighted by molar-refractivity contribution is 5.79. The SMILES string of the molecule is CCNC(=NCc1ccc(OCCOC)cc1)NCCCN1CCC(C)CC1. The molecule has 0 bridgehead atoms. The maximum atomic E-state index is 5.60. The van der Waals surface area contributed by atoms with Crippen molar-refractivity contribution in [3.8, 4) is 5.75 Å². The van der Waals surface area contributed by atoms with E-state index in [1.807, 2.05) is 12.1 Å². The number of rotatable bonds is 11. The number of piperidine rings is 1. The Morgan fingerprint density at radius 2 is 1.89 bits per heavy atom. The van der Waals surface area contributed by atoms with Crippen LogP contribution in [0.15, 0.2) is 29.3 Å². The first kappa shape index (κ1) is 22.5. The largest absolute Gasteiger partial charge is 0.491 e. The molecule has 28 heavy (non-hydrogen) atoms. The molecule has 1 aromatic rings. The molecule has 1 aliphatic rings. The molecule has 1 aromatic carbocycles. The lowest BCUT2D eigenvalue weighted by Gasteiger charge is -2.30. The third kappa shape index (κ3) is 8.93. The van der Waals surface area contributed by atoms with Gasteiger partial charge in [-0.2, -0.15) is 0 Å². The standard InChI is InChI=1S/C22H38N4O2/c1-4-23-22(24-12-5-13-26-14-10-19(2)11-15-26)25-18-20-6-8-21(9-7-20)28-17-16-27-3/h6-9,19H,4-5,10-18H2,1-3H3,(H2,23,24,25). The molecule has 2 N–H and O–H groups in total. The van der Waals surface area contributed by atoms with E-state index in [1.165, 1.54) is 38.0 Å². The number of aliphatic imine (C=N–C) groups is 1. The van der Waals surface area contributed by atoms with Crippen molar-refractivity contribution < 1.29 is 9.47 Å². The minimum atomic E-state index is 0.568. The van der Waals surface area contributed by atoms with Gasteiger partial charge in [0.15, 0.2) is 5.96 Å². The van der Waals surface area contributed by atoms with Crippen LogP contribution in [0.2, 0.25) is 0 Å². The smallest absolute Gasteiger partial charge is 0.191 e. The molecule has 1 saturated heterocycles. The number of ether oxygens (including phenoxy) is 2. The average Bonchev–Trinajstić information content (AvgIpc) is 2.72. The van der Waals surface area contributed by atoms with Crippen LogP contribution < -0.4 is 15.4 Å². The zero-order chi connectivity index (χ0) is 20.0. The number of methoxy groups -OCH3 is 1. The molecule has 158 valence electrons. The first-order valence-corrected chi connectivity index (χ1v) is 10.7. The third-order valence-corrected chi connectivity index (χ3v) is 5.06. The van der Waals surface area contributed by atoms with E-state index in [0.29, 0.717) is 19.8 Å². The molecule has 0 aromatic heterocycles. The lowest BCUT2D eigenvalue weighted by atomic mass is 9.99. The topological polar surface area (TPSA) is 58.1 Å². The molecule has 6 heteroatoms. The molecular weight excluding hydrogens is 352 g/mol. The second-order valence-corrected chi connectivity index (χ2v) is 7.48. The van der Waals surface area contributed by atoms with E-state index in [-0.39, 0.29) is 0 Å². The lowest BCUT2D eigenvalue weighted by molar-refractivity contribution is 0.146. The van der Waals surface area contributed by atoms with Gasteiger partial charge >= 0.3 is 0 Å². The van der Waals surface area contributed by atoms with Gasteiger partial charge in [0.2, 0.25) is 0 Å². The van der Waals surface area contributed by atoms with Crippen LogP contribution in [0.1, 0.15) is 38.7 Å². The van der Waals surface area contributed by atoms with Crippen molar-refractivity contribution in [3.05, 3.63) is 29.8 Å². The fourth-order valence-corrected chi connectivity index (χ4v) is 3.24. The summed E-state index contributed by atoms with van der Waals surface area (Å²) in [5.74, 6) is 2.64. The van der Waals surface area contributed by atoms with Gasteiger partial charge in [0.25, 0.3) is 0 Å².